The van der Waals surface area contributed by atoms with Gasteiger partial charge in [-0.05, 0) is 76.3 Å². The van der Waals surface area contributed by atoms with E-state index in [0.717, 1.165) is 32.1 Å². The van der Waals surface area contributed by atoms with Crippen molar-refractivity contribution in [1.82, 2.24) is 14.9 Å². The highest BCUT2D eigenvalue weighted by atomic mass is 16.6. The van der Waals surface area contributed by atoms with Crippen LogP contribution in [-0.2, 0) is 30.3 Å². The molecule has 5 rings (SSSR count). The van der Waals surface area contributed by atoms with Gasteiger partial charge in [-0.25, -0.2) is 14.8 Å². The van der Waals surface area contributed by atoms with Crippen LogP contribution in [0.15, 0.2) is 18.2 Å². The Morgan fingerprint density at radius 1 is 1.02 bits per heavy atom. The van der Waals surface area contributed by atoms with E-state index in [1.54, 1.807) is 43.9 Å². The second kappa shape index (κ2) is 12.8. The molecule has 1 aliphatic carbocycles. The van der Waals surface area contributed by atoms with Crippen LogP contribution in [0, 0.1) is 23.2 Å². The van der Waals surface area contributed by atoms with E-state index < -0.39 is 35.0 Å². The fraction of sp³-hybridized carbons (Fsp3) is 0.686. The van der Waals surface area contributed by atoms with Gasteiger partial charge in [0, 0.05) is 12.0 Å². The molecule has 2 aromatic rings. The Morgan fingerprint density at radius 3 is 2.47 bits per heavy atom. The van der Waals surface area contributed by atoms with Gasteiger partial charge in [0.1, 0.15) is 35.3 Å². The van der Waals surface area contributed by atoms with E-state index in [1.165, 1.54) is 0 Å². The number of aromatic nitrogens is 2. The molecule has 10 heteroatoms. The Morgan fingerprint density at radius 2 is 1.78 bits per heavy atom. The van der Waals surface area contributed by atoms with Gasteiger partial charge < -0.3 is 24.2 Å². The summed E-state index contributed by atoms with van der Waals surface area (Å²) in [5.74, 6) is -1.46. The molecule has 0 unspecified atom stereocenters. The molecule has 0 spiro atoms. The number of benzene rings is 1. The number of nitrogens with zero attached hydrogens (tertiary/aromatic N) is 3. The van der Waals surface area contributed by atoms with Crippen LogP contribution in [0.5, 0.6) is 11.6 Å². The zero-order chi connectivity index (χ0) is 32.7. The Bertz CT molecular complexity index is 1430. The minimum absolute atomic E-state index is 0.0603. The topological polar surface area (TPSA) is 128 Å². The summed E-state index contributed by atoms with van der Waals surface area (Å²) in [4.78, 5) is 52.7. The normalized spacial score (nSPS) is 28.3. The fourth-order valence-corrected chi connectivity index (χ4v) is 6.73. The maximum Gasteiger partial charge on any atom is 0.329 e. The Balaban J connectivity index is 1.56. The van der Waals surface area contributed by atoms with Crippen molar-refractivity contribution in [3.63, 3.8) is 0 Å². The minimum Gasteiger partial charge on any atom is -0.508 e. The molecule has 1 aromatic heterocycles. The maximum absolute atomic E-state index is 14.5. The number of hydrogen-bond acceptors (Lipinski definition) is 9. The van der Waals surface area contributed by atoms with E-state index >= 15 is 0 Å². The lowest BCUT2D eigenvalue weighted by molar-refractivity contribution is -0.167. The molecule has 6 atom stereocenters. The van der Waals surface area contributed by atoms with E-state index in [0.29, 0.717) is 41.4 Å². The second-order valence-corrected chi connectivity index (χ2v) is 15.1. The first-order valence-electron chi connectivity index (χ1n) is 16.5. The van der Waals surface area contributed by atoms with Crippen LogP contribution in [0.1, 0.15) is 99.1 Å². The van der Waals surface area contributed by atoms with E-state index in [9.17, 15) is 19.5 Å². The molecule has 1 saturated carbocycles. The highest BCUT2D eigenvalue weighted by Crippen LogP contribution is 2.41. The zero-order valence-electron chi connectivity index (χ0n) is 27.8. The third-order valence-electron chi connectivity index (χ3n) is 9.29. The van der Waals surface area contributed by atoms with Crippen molar-refractivity contribution in [1.29, 1.82) is 0 Å². The fourth-order valence-electron chi connectivity index (χ4n) is 6.73. The van der Waals surface area contributed by atoms with E-state index in [2.05, 4.69) is 0 Å². The molecule has 2 aliphatic heterocycles. The van der Waals surface area contributed by atoms with Crippen molar-refractivity contribution in [3.05, 3.63) is 23.9 Å². The number of carbonyl (C=O) groups is 3. The minimum atomic E-state index is -0.900. The van der Waals surface area contributed by atoms with Gasteiger partial charge in [0.25, 0.3) is 0 Å². The van der Waals surface area contributed by atoms with Gasteiger partial charge in [0.2, 0.25) is 11.8 Å². The molecule has 1 aromatic carbocycles. The van der Waals surface area contributed by atoms with Crippen molar-refractivity contribution in [2.24, 2.45) is 23.2 Å². The standard InChI is InChI=1S/C35H49N3O7/c1-8-22-28-19-38(30(22)33(42)45-35(5,6)7)32(41)23(34(2,3)4)18-29(40)43-27-16-20(27)12-10-9-11-13-25-31(44-28)37-26-17-21(39)14-15-24(26)36-25/h14-15,17,20,22-23,27-28,30,39H,8-13,16,18-19H2,1-7H3/t20-,22-,23-,27-,28+,30+/m1/s1. The smallest absolute Gasteiger partial charge is 0.329 e. The number of phenolic OH excluding ortho intramolecular Hbond substituents is 1. The lowest BCUT2D eigenvalue weighted by atomic mass is 9.77. The molecule has 2 fully saturated rings. The van der Waals surface area contributed by atoms with Crippen LogP contribution in [0.3, 0.4) is 0 Å². The number of carbonyl (C=O) groups excluding carboxylic acids is 3. The summed E-state index contributed by atoms with van der Waals surface area (Å²) in [6, 6.07) is 3.99. The molecule has 3 aliphatic rings. The Hall–Kier alpha value is -3.43. The van der Waals surface area contributed by atoms with Crippen LogP contribution < -0.4 is 4.74 Å². The summed E-state index contributed by atoms with van der Waals surface area (Å²) < 4.78 is 18.4. The molecular weight excluding hydrogens is 574 g/mol. The van der Waals surface area contributed by atoms with E-state index in [-0.39, 0.29) is 42.6 Å². The maximum atomic E-state index is 14.5. The number of esters is 2. The van der Waals surface area contributed by atoms with Crippen molar-refractivity contribution in [2.75, 3.05) is 6.54 Å². The first-order chi connectivity index (χ1) is 21.1. The molecule has 1 saturated heterocycles. The SMILES string of the molecule is CC[C@@H]1[C@@H]2CN(C(=O)[C@H](C(C)(C)C)CC(=O)O[C@@H]3C[C@H]3CCCCCc3nc4ccc(O)cc4nc3O2)[C@@H]1C(=O)OC(C)(C)C. The van der Waals surface area contributed by atoms with Gasteiger partial charge in [-0.15, -0.1) is 0 Å². The second-order valence-electron chi connectivity index (χ2n) is 15.1. The van der Waals surface area contributed by atoms with Gasteiger partial charge in [0.05, 0.1) is 29.9 Å². The average molecular weight is 624 g/mol. The molecule has 10 nitrogen and oxygen atoms in total. The number of fused-ring (bicyclic) bond motifs is 5. The third kappa shape index (κ3) is 7.69. The van der Waals surface area contributed by atoms with E-state index in [4.69, 9.17) is 24.2 Å². The number of ether oxygens (including phenoxy) is 3. The molecule has 246 valence electrons. The number of aromatic hydroxyl groups is 1. The summed E-state index contributed by atoms with van der Waals surface area (Å²) >= 11 is 0. The average Bonchev–Trinajstić information content (AvgIpc) is 3.56. The van der Waals surface area contributed by atoms with Gasteiger partial charge in [-0.2, -0.15) is 0 Å². The van der Waals surface area contributed by atoms with Gasteiger partial charge in [-0.3, -0.25) is 9.59 Å². The monoisotopic (exact) mass is 623 g/mol. The highest BCUT2D eigenvalue weighted by Gasteiger charge is 2.52. The highest BCUT2D eigenvalue weighted by molar-refractivity contribution is 5.89. The number of rotatable bonds is 2. The van der Waals surface area contributed by atoms with Crippen LogP contribution in [0.4, 0.5) is 0 Å². The van der Waals surface area contributed by atoms with Crippen molar-refractivity contribution < 1.29 is 33.7 Å². The summed E-state index contributed by atoms with van der Waals surface area (Å²) in [6.45, 7) is 13.3. The van der Waals surface area contributed by atoms with Crippen molar-refractivity contribution in [2.45, 2.75) is 124 Å². The molecule has 1 amide bonds. The Labute approximate surface area is 266 Å². The first-order valence-corrected chi connectivity index (χ1v) is 16.5. The quantitative estimate of drug-likeness (QED) is 0.415. The van der Waals surface area contributed by atoms with Crippen LogP contribution in [0.25, 0.3) is 11.0 Å². The molecular formula is C35H49N3O7. The number of hydrogen-bond donors (Lipinski definition) is 1. The molecule has 45 heavy (non-hydrogen) atoms. The molecule has 1 N–H and O–H groups in total. The summed E-state index contributed by atoms with van der Waals surface area (Å²) in [7, 11) is 0. The van der Waals surface area contributed by atoms with E-state index in [1.807, 2.05) is 27.7 Å². The summed E-state index contributed by atoms with van der Waals surface area (Å²) in [5, 5.41) is 10.1. The van der Waals surface area contributed by atoms with Crippen LogP contribution >= 0.6 is 0 Å². The van der Waals surface area contributed by atoms with Crippen molar-refractivity contribution >= 4 is 28.9 Å². The molecule has 0 radical (unpaired) electrons. The van der Waals surface area contributed by atoms with Gasteiger partial charge in [0.15, 0.2) is 0 Å². The van der Waals surface area contributed by atoms with Gasteiger partial charge in [-0.1, -0.05) is 40.5 Å². The predicted octanol–water partition coefficient (Wildman–Crippen LogP) is 5.76. The van der Waals surface area contributed by atoms with Gasteiger partial charge >= 0.3 is 11.9 Å². The number of phenols is 1. The molecule has 2 bridgehead atoms. The number of aryl methyl sites for hydroxylation is 1. The summed E-state index contributed by atoms with van der Waals surface area (Å²) in [5.41, 5.74) is 0.549. The third-order valence-corrected chi connectivity index (χ3v) is 9.29. The molecule has 3 heterocycles. The van der Waals surface area contributed by atoms with Crippen LogP contribution in [0.2, 0.25) is 0 Å². The first kappa shape index (κ1) is 32.9. The van der Waals surface area contributed by atoms with Crippen LogP contribution in [-0.4, -0.2) is 68.2 Å². The zero-order valence-corrected chi connectivity index (χ0v) is 27.8. The summed E-state index contributed by atoms with van der Waals surface area (Å²) in [6.07, 6.45) is 5.19. The van der Waals surface area contributed by atoms with Crippen molar-refractivity contribution in [3.8, 4) is 11.6 Å². The predicted molar refractivity (Wildman–Crippen MR) is 168 cm³/mol. The lowest BCUT2D eigenvalue weighted by Crippen LogP contribution is -2.50. The lowest BCUT2D eigenvalue weighted by Gasteiger charge is -2.35. The Kier molecular flexibility index (Phi) is 9.34. The number of amides is 1. The largest absolute Gasteiger partial charge is 0.508 e.